The van der Waals surface area contributed by atoms with Gasteiger partial charge in [-0.3, -0.25) is 9.59 Å². The van der Waals surface area contributed by atoms with Gasteiger partial charge in [0.25, 0.3) is 0 Å². The minimum Gasteiger partial charge on any atom is -0.304 e. The molecule has 26 heavy (non-hydrogen) atoms. The summed E-state index contributed by atoms with van der Waals surface area (Å²) in [5.41, 5.74) is 2.48. The summed E-state index contributed by atoms with van der Waals surface area (Å²) in [4.78, 5) is 23.3. The summed E-state index contributed by atoms with van der Waals surface area (Å²) >= 11 is 1.50. The van der Waals surface area contributed by atoms with Gasteiger partial charge in [0.15, 0.2) is 5.17 Å². The number of carbonyl (C=O) groups excluding carboxylic acids is 2. The SMILES string of the molecule is CC(=O)NC1=NN(C(C)=O)[C@](CC(C)C)(C[C@H](C)c2ccc(C)cc2)S1. The lowest BCUT2D eigenvalue weighted by Gasteiger charge is -2.38. The molecule has 0 saturated heterocycles. The number of amides is 2. The van der Waals surface area contributed by atoms with Crippen LogP contribution in [0.4, 0.5) is 0 Å². The maximum Gasteiger partial charge on any atom is 0.240 e. The van der Waals surface area contributed by atoms with Crippen molar-refractivity contribution in [1.82, 2.24) is 10.3 Å². The van der Waals surface area contributed by atoms with Crippen molar-refractivity contribution in [2.24, 2.45) is 11.0 Å². The molecule has 1 aliphatic rings. The Labute approximate surface area is 160 Å². The van der Waals surface area contributed by atoms with Crippen molar-refractivity contribution >= 4 is 28.7 Å². The summed E-state index contributed by atoms with van der Waals surface area (Å²) in [5.74, 6) is 0.373. The number of nitrogens with zero attached hydrogens (tertiary/aromatic N) is 2. The van der Waals surface area contributed by atoms with E-state index in [4.69, 9.17) is 0 Å². The lowest BCUT2D eigenvalue weighted by Crippen LogP contribution is -2.44. The van der Waals surface area contributed by atoms with Crippen LogP contribution in [0.15, 0.2) is 29.4 Å². The van der Waals surface area contributed by atoms with E-state index in [1.165, 1.54) is 36.7 Å². The van der Waals surface area contributed by atoms with Crippen molar-refractivity contribution in [2.75, 3.05) is 0 Å². The number of amidine groups is 1. The first-order valence-corrected chi connectivity index (χ1v) is 9.87. The van der Waals surface area contributed by atoms with Crippen LogP contribution in [0.25, 0.3) is 0 Å². The minimum absolute atomic E-state index is 0.102. The topological polar surface area (TPSA) is 61.8 Å². The standard InChI is InChI=1S/C20H29N3O2S/c1-13(2)11-20(12-15(4)18-9-7-14(3)8-10-18)23(17(6)25)22-19(26-20)21-16(5)24/h7-10,13,15H,11-12H2,1-6H3,(H,21,22,24)/t15-,20-/m0/s1. The first kappa shape index (κ1) is 20.5. The van der Waals surface area contributed by atoms with E-state index in [0.29, 0.717) is 11.1 Å². The summed E-state index contributed by atoms with van der Waals surface area (Å²) in [5, 5.41) is 9.26. The van der Waals surface area contributed by atoms with E-state index in [9.17, 15) is 9.59 Å². The molecule has 0 fully saturated rings. The molecule has 0 aliphatic carbocycles. The highest BCUT2D eigenvalue weighted by Crippen LogP contribution is 2.47. The zero-order valence-electron chi connectivity index (χ0n) is 16.5. The number of aryl methyl sites for hydroxylation is 1. The van der Waals surface area contributed by atoms with Crippen molar-refractivity contribution in [3.05, 3.63) is 35.4 Å². The Bertz CT molecular complexity index is 700. The van der Waals surface area contributed by atoms with Crippen LogP contribution < -0.4 is 5.32 Å². The van der Waals surface area contributed by atoms with Crippen LogP contribution >= 0.6 is 11.8 Å². The molecule has 0 saturated carbocycles. The lowest BCUT2D eigenvalue weighted by atomic mass is 9.89. The van der Waals surface area contributed by atoms with Crippen molar-refractivity contribution in [3.63, 3.8) is 0 Å². The molecule has 0 bridgehead atoms. The molecule has 6 heteroatoms. The second-order valence-corrected chi connectivity index (χ2v) is 8.93. The molecule has 5 nitrogen and oxygen atoms in total. The zero-order valence-corrected chi connectivity index (χ0v) is 17.3. The summed E-state index contributed by atoms with van der Waals surface area (Å²) in [6.45, 7) is 11.5. The lowest BCUT2D eigenvalue weighted by molar-refractivity contribution is -0.132. The monoisotopic (exact) mass is 375 g/mol. The number of nitrogens with one attached hydrogen (secondary N) is 1. The highest BCUT2D eigenvalue weighted by atomic mass is 32.2. The molecule has 0 spiro atoms. The molecule has 1 aliphatic heterocycles. The van der Waals surface area contributed by atoms with Gasteiger partial charge < -0.3 is 5.32 Å². The van der Waals surface area contributed by atoms with Crippen molar-refractivity contribution in [2.45, 2.75) is 65.2 Å². The molecule has 2 atom stereocenters. The minimum atomic E-state index is -0.484. The van der Waals surface area contributed by atoms with Crippen LogP contribution in [0, 0.1) is 12.8 Å². The van der Waals surface area contributed by atoms with Gasteiger partial charge in [0, 0.05) is 13.8 Å². The molecule has 142 valence electrons. The number of hydrogen-bond acceptors (Lipinski definition) is 4. The van der Waals surface area contributed by atoms with E-state index < -0.39 is 4.87 Å². The van der Waals surface area contributed by atoms with Gasteiger partial charge in [-0.1, -0.05) is 62.4 Å². The van der Waals surface area contributed by atoms with E-state index in [1.807, 2.05) is 0 Å². The van der Waals surface area contributed by atoms with E-state index in [2.05, 4.69) is 62.4 Å². The number of carbonyl (C=O) groups is 2. The smallest absolute Gasteiger partial charge is 0.240 e. The Hall–Kier alpha value is -1.82. The molecule has 2 rings (SSSR count). The Morgan fingerprint density at radius 3 is 2.27 bits per heavy atom. The summed E-state index contributed by atoms with van der Waals surface area (Å²) in [6, 6.07) is 8.53. The average Bonchev–Trinajstić information content (AvgIpc) is 2.84. The number of benzene rings is 1. The Kier molecular flexibility index (Phi) is 6.50. The maximum atomic E-state index is 12.3. The van der Waals surface area contributed by atoms with Crippen LogP contribution in [0.2, 0.25) is 0 Å². The molecule has 1 N–H and O–H groups in total. The van der Waals surface area contributed by atoms with Gasteiger partial charge in [0.05, 0.1) is 0 Å². The third kappa shape index (κ3) is 4.87. The van der Waals surface area contributed by atoms with Crippen molar-refractivity contribution < 1.29 is 9.59 Å². The fraction of sp³-hybridized carbons (Fsp3) is 0.550. The predicted octanol–water partition coefficient (Wildman–Crippen LogP) is 4.23. The molecular weight excluding hydrogens is 346 g/mol. The number of hydrogen-bond donors (Lipinski definition) is 1. The quantitative estimate of drug-likeness (QED) is 0.837. The number of rotatable bonds is 5. The predicted molar refractivity (Wildman–Crippen MR) is 108 cm³/mol. The molecule has 1 aromatic rings. The summed E-state index contributed by atoms with van der Waals surface area (Å²) in [6.07, 6.45) is 1.57. The molecule has 1 heterocycles. The van der Waals surface area contributed by atoms with Crippen LogP contribution in [0.3, 0.4) is 0 Å². The van der Waals surface area contributed by atoms with Crippen molar-refractivity contribution in [3.8, 4) is 0 Å². The highest BCUT2D eigenvalue weighted by molar-refractivity contribution is 8.15. The number of thioether (sulfide) groups is 1. The van der Waals surface area contributed by atoms with E-state index >= 15 is 0 Å². The van der Waals surface area contributed by atoms with Crippen LogP contribution in [-0.4, -0.2) is 26.9 Å². The van der Waals surface area contributed by atoms with Gasteiger partial charge in [-0.25, -0.2) is 5.01 Å². The van der Waals surface area contributed by atoms with E-state index in [0.717, 1.165) is 12.8 Å². The molecule has 0 aromatic heterocycles. The first-order chi connectivity index (χ1) is 12.1. The third-order valence-electron chi connectivity index (χ3n) is 4.44. The van der Waals surface area contributed by atoms with E-state index in [-0.39, 0.29) is 17.7 Å². The van der Waals surface area contributed by atoms with Crippen LogP contribution in [-0.2, 0) is 9.59 Å². The molecule has 0 unspecified atom stereocenters. The van der Waals surface area contributed by atoms with Gasteiger partial charge >= 0.3 is 0 Å². The Morgan fingerprint density at radius 2 is 1.77 bits per heavy atom. The van der Waals surface area contributed by atoms with Gasteiger partial charge in [0.1, 0.15) is 4.87 Å². The Morgan fingerprint density at radius 1 is 1.15 bits per heavy atom. The van der Waals surface area contributed by atoms with E-state index in [1.54, 1.807) is 5.01 Å². The molecule has 2 amide bonds. The third-order valence-corrected chi connectivity index (χ3v) is 5.71. The normalized spacial score (nSPS) is 20.9. The first-order valence-electron chi connectivity index (χ1n) is 9.05. The summed E-state index contributed by atoms with van der Waals surface area (Å²) < 4.78 is 0. The molecule has 0 radical (unpaired) electrons. The Balaban J connectivity index is 2.33. The zero-order chi connectivity index (χ0) is 19.5. The number of hydrazone groups is 1. The second kappa shape index (κ2) is 8.25. The van der Waals surface area contributed by atoms with Crippen molar-refractivity contribution in [1.29, 1.82) is 0 Å². The molecule has 1 aromatic carbocycles. The highest BCUT2D eigenvalue weighted by Gasteiger charge is 2.47. The fourth-order valence-electron chi connectivity index (χ4n) is 3.45. The second-order valence-electron chi connectivity index (χ2n) is 7.58. The van der Waals surface area contributed by atoms with Gasteiger partial charge in [-0.05, 0) is 37.2 Å². The van der Waals surface area contributed by atoms with Gasteiger partial charge in [-0.15, -0.1) is 5.10 Å². The van der Waals surface area contributed by atoms with Crippen LogP contribution in [0.1, 0.15) is 64.5 Å². The maximum absolute atomic E-state index is 12.3. The average molecular weight is 376 g/mol. The largest absolute Gasteiger partial charge is 0.304 e. The summed E-state index contributed by atoms with van der Waals surface area (Å²) in [7, 11) is 0. The van der Waals surface area contributed by atoms with Gasteiger partial charge in [0.2, 0.25) is 11.8 Å². The molecular formula is C20H29N3O2S. The fourth-order valence-corrected chi connectivity index (χ4v) is 5.14. The van der Waals surface area contributed by atoms with Crippen LogP contribution in [0.5, 0.6) is 0 Å². The van der Waals surface area contributed by atoms with Gasteiger partial charge in [-0.2, -0.15) is 0 Å².